The summed E-state index contributed by atoms with van der Waals surface area (Å²) in [6.45, 7) is 2.55. The number of anilines is 3. The molecule has 0 unspecified atom stereocenters. The highest BCUT2D eigenvalue weighted by atomic mass is 35.5. The van der Waals surface area contributed by atoms with Crippen LogP contribution in [0.3, 0.4) is 0 Å². The van der Waals surface area contributed by atoms with Gasteiger partial charge in [0.2, 0.25) is 11.8 Å². The standard InChI is InChI=1S/C19H20ClN3O2/c1-13(19(25)22-17-6-3-2-5-16(17)20)21-14-8-10-15(11-9-14)23-12-4-7-18(23)24/h2-3,5-6,8-11,13,21H,4,7,12H2,1H3,(H,22,25)/t13-/m1/s1. The number of nitrogens with one attached hydrogen (secondary N) is 2. The van der Waals surface area contributed by atoms with Gasteiger partial charge >= 0.3 is 0 Å². The minimum Gasteiger partial charge on any atom is -0.374 e. The Morgan fingerprint density at radius 3 is 2.52 bits per heavy atom. The van der Waals surface area contributed by atoms with E-state index in [1.54, 1.807) is 24.0 Å². The van der Waals surface area contributed by atoms with Crippen LogP contribution in [0.15, 0.2) is 48.5 Å². The Balaban J connectivity index is 1.60. The lowest BCUT2D eigenvalue weighted by Gasteiger charge is -2.18. The summed E-state index contributed by atoms with van der Waals surface area (Å²) in [6, 6.07) is 14.2. The van der Waals surface area contributed by atoms with Gasteiger partial charge in [-0.05, 0) is 49.7 Å². The van der Waals surface area contributed by atoms with Crippen molar-refractivity contribution in [2.24, 2.45) is 0 Å². The molecular weight excluding hydrogens is 338 g/mol. The smallest absolute Gasteiger partial charge is 0.246 e. The van der Waals surface area contributed by atoms with Gasteiger partial charge < -0.3 is 15.5 Å². The third-order valence-corrected chi connectivity index (χ3v) is 4.49. The molecule has 0 aromatic heterocycles. The number of carbonyl (C=O) groups is 2. The molecule has 6 heteroatoms. The molecule has 1 heterocycles. The maximum absolute atomic E-state index is 12.3. The van der Waals surface area contributed by atoms with Crippen LogP contribution >= 0.6 is 11.6 Å². The number of rotatable bonds is 5. The van der Waals surface area contributed by atoms with Crippen LogP contribution in [0.4, 0.5) is 17.1 Å². The first-order valence-corrected chi connectivity index (χ1v) is 8.65. The van der Waals surface area contributed by atoms with E-state index in [1.807, 2.05) is 36.4 Å². The molecule has 0 bridgehead atoms. The third-order valence-electron chi connectivity index (χ3n) is 4.16. The minimum atomic E-state index is -0.435. The number of hydrogen-bond donors (Lipinski definition) is 2. The van der Waals surface area contributed by atoms with E-state index in [0.29, 0.717) is 17.1 Å². The van der Waals surface area contributed by atoms with Gasteiger partial charge in [-0.1, -0.05) is 23.7 Å². The van der Waals surface area contributed by atoms with Crippen molar-refractivity contribution in [1.82, 2.24) is 0 Å². The molecule has 1 saturated heterocycles. The fourth-order valence-corrected chi connectivity index (χ4v) is 2.96. The Morgan fingerprint density at radius 2 is 1.88 bits per heavy atom. The summed E-state index contributed by atoms with van der Waals surface area (Å²) in [4.78, 5) is 25.9. The molecule has 25 heavy (non-hydrogen) atoms. The summed E-state index contributed by atoms with van der Waals surface area (Å²) in [5, 5.41) is 6.46. The van der Waals surface area contributed by atoms with Crippen LogP contribution in [0.25, 0.3) is 0 Å². The second-order valence-corrected chi connectivity index (χ2v) is 6.44. The van der Waals surface area contributed by atoms with Crippen molar-refractivity contribution < 1.29 is 9.59 Å². The molecule has 3 rings (SSSR count). The Morgan fingerprint density at radius 1 is 1.16 bits per heavy atom. The number of para-hydroxylation sites is 1. The van der Waals surface area contributed by atoms with Crippen LogP contribution in [0.5, 0.6) is 0 Å². The lowest BCUT2D eigenvalue weighted by atomic mass is 10.2. The topological polar surface area (TPSA) is 61.4 Å². The molecule has 1 aliphatic heterocycles. The Hall–Kier alpha value is -2.53. The zero-order valence-corrected chi connectivity index (χ0v) is 14.7. The quantitative estimate of drug-likeness (QED) is 0.853. The zero-order valence-electron chi connectivity index (χ0n) is 14.0. The maximum atomic E-state index is 12.3. The highest BCUT2D eigenvalue weighted by Crippen LogP contribution is 2.24. The fraction of sp³-hybridized carbons (Fsp3) is 0.263. The second kappa shape index (κ2) is 7.57. The van der Waals surface area contributed by atoms with Crippen molar-refractivity contribution >= 4 is 40.5 Å². The van der Waals surface area contributed by atoms with E-state index >= 15 is 0 Å². The molecule has 2 aromatic rings. The van der Waals surface area contributed by atoms with E-state index in [4.69, 9.17) is 11.6 Å². The van der Waals surface area contributed by atoms with Crippen LogP contribution in [-0.2, 0) is 9.59 Å². The van der Waals surface area contributed by atoms with E-state index in [-0.39, 0.29) is 11.8 Å². The molecule has 0 aliphatic carbocycles. The van der Waals surface area contributed by atoms with Gasteiger partial charge in [-0.2, -0.15) is 0 Å². The minimum absolute atomic E-state index is 0.160. The van der Waals surface area contributed by atoms with Crippen molar-refractivity contribution in [1.29, 1.82) is 0 Å². The summed E-state index contributed by atoms with van der Waals surface area (Å²) in [7, 11) is 0. The maximum Gasteiger partial charge on any atom is 0.246 e. The number of carbonyl (C=O) groups excluding carboxylic acids is 2. The van der Waals surface area contributed by atoms with Crippen LogP contribution < -0.4 is 15.5 Å². The summed E-state index contributed by atoms with van der Waals surface area (Å²) in [5.41, 5.74) is 2.30. The van der Waals surface area contributed by atoms with Gasteiger partial charge in [0.15, 0.2) is 0 Å². The van der Waals surface area contributed by atoms with Gasteiger partial charge in [-0.3, -0.25) is 9.59 Å². The highest BCUT2D eigenvalue weighted by molar-refractivity contribution is 6.33. The Kier molecular flexibility index (Phi) is 5.24. The van der Waals surface area contributed by atoms with Gasteiger partial charge in [0.05, 0.1) is 10.7 Å². The van der Waals surface area contributed by atoms with Gasteiger partial charge in [0.1, 0.15) is 6.04 Å². The SMILES string of the molecule is C[C@@H](Nc1ccc(N2CCCC2=O)cc1)C(=O)Nc1ccccc1Cl. The lowest BCUT2D eigenvalue weighted by Crippen LogP contribution is -2.32. The summed E-state index contributed by atoms with van der Waals surface area (Å²) in [6.07, 6.45) is 1.51. The van der Waals surface area contributed by atoms with E-state index in [9.17, 15) is 9.59 Å². The van der Waals surface area contributed by atoms with Crippen LogP contribution in [-0.4, -0.2) is 24.4 Å². The first kappa shape index (κ1) is 17.3. The van der Waals surface area contributed by atoms with Crippen molar-refractivity contribution in [3.8, 4) is 0 Å². The molecule has 130 valence electrons. The molecule has 1 atom stereocenters. The number of amides is 2. The van der Waals surface area contributed by atoms with Gasteiger partial charge in [-0.25, -0.2) is 0 Å². The number of benzene rings is 2. The molecule has 1 aliphatic rings. The normalized spacial score (nSPS) is 15.1. The molecule has 2 amide bonds. The first-order chi connectivity index (χ1) is 12.0. The predicted molar refractivity (Wildman–Crippen MR) is 101 cm³/mol. The molecule has 0 spiro atoms. The van der Waals surface area contributed by atoms with E-state index in [0.717, 1.165) is 24.3 Å². The van der Waals surface area contributed by atoms with E-state index in [1.165, 1.54) is 0 Å². The van der Waals surface area contributed by atoms with Crippen molar-refractivity contribution in [3.05, 3.63) is 53.6 Å². The molecular formula is C19H20ClN3O2. The summed E-state index contributed by atoms with van der Waals surface area (Å²) in [5.74, 6) is -0.0138. The second-order valence-electron chi connectivity index (χ2n) is 6.03. The first-order valence-electron chi connectivity index (χ1n) is 8.27. The lowest BCUT2D eigenvalue weighted by molar-refractivity contribution is -0.117. The zero-order chi connectivity index (χ0) is 17.8. The van der Waals surface area contributed by atoms with Gasteiger partial charge in [-0.15, -0.1) is 0 Å². The molecule has 0 radical (unpaired) electrons. The predicted octanol–water partition coefficient (Wildman–Crippen LogP) is 3.91. The molecule has 2 aromatic carbocycles. The monoisotopic (exact) mass is 357 g/mol. The molecule has 2 N–H and O–H groups in total. The van der Waals surface area contributed by atoms with Gasteiger partial charge in [0, 0.05) is 24.3 Å². The van der Waals surface area contributed by atoms with E-state index in [2.05, 4.69) is 10.6 Å². The van der Waals surface area contributed by atoms with Crippen LogP contribution in [0.2, 0.25) is 5.02 Å². The molecule has 1 fully saturated rings. The van der Waals surface area contributed by atoms with Crippen LogP contribution in [0.1, 0.15) is 19.8 Å². The van der Waals surface area contributed by atoms with Crippen molar-refractivity contribution in [3.63, 3.8) is 0 Å². The Bertz CT molecular complexity index is 776. The Labute approximate surface area is 152 Å². The van der Waals surface area contributed by atoms with Crippen molar-refractivity contribution in [2.75, 3.05) is 22.1 Å². The number of halogens is 1. The van der Waals surface area contributed by atoms with Gasteiger partial charge in [0.25, 0.3) is 0 Å². The average Bonchev–Trinajstić information content (AvgIpc) is 3.03. The van der Waals surface area contributed by atoms with Crippen molar-refractivity contribution in [2.45, 2.75) is 25.8 Å². The number of hydrogen-bond acceptors (Lipinski definition) is 3. The third kappa shape index (κ3) is 4.12. The van der Waals surface area contributed by atoms with Crippen LogP contribution in [0, 0.1) is 0 Å². The summed E-state index contributed by atoms with van der Waals surface area (Å²) < 4.78 is 0. The fourth-order valence-electron chi connectivity index (χ4n) is 2.78. The summed E-state index contributed by atoms with van der Waals surface area (Å²) >= 11 is 6.06. The molecule has 5 nitrogen and oxygen atoms in total. The number of nitrogens with zero attached hydrogens (tertiary/aromatic N) is 1. The highest BCUT2D eigenvalue weighted by Gasteiger charge is 2.21. The average molecular weight is 358 g/mol. The molecule has 0 saturated carbocycles. The largest absolute Gasteiger partial charge is 0.374 e. The van der Waals surface area contributed by atoms with E-state index < -0.39 is 6.04 Å².